The Morgan fingerprint density at radius 3 is 2.87 bits per heavy atom. The molecule has 1 heterocycles. The fourth-order valence-corrected chi connectivity index (χ4v) is 2.42. The van der Waals surface area contributed by atoms with Crippen LogP contribution in [0.2, 0.25) is 5.15 Å². The van der Waals surface area contributed by atoms with E-state index < -0.39 is 6.04 Å². The van der Waals surface area contributed by atoms with Gasteiger partial charge in [-0.05, 0) is 37.0 Å². The fourth-order valence-electron chi connectivity index (χ4n) is 2.22. The molecule has 0 saturated carbocycles. The summed E-state index contributed by atoms with van der Waals surface area (Å²) >= 11 is 6.16. The quantitative estimate of drug-likeness (QED) is 0.501. The van der Waals surface area contributed by atoms with Gasteiger partial charge in [-0.3, -0.25) is 4.79 Å². The second-order valence-corrected chi connectivity index (χ2v) is 6.39. The second kappa shape index (κ2) is 7.53. The fraction of sp³-hybridized carbons (Fsp3) is 0.353. The molecule has 2 rings (SSSR count). The Morgan fingerprint density at radius 1 is 1.43 bits per heavy atom. The lowest BCUT2D eigenvalue weighted by Crippen LogP contribution is -2.39. The van der Waals surface area contributed by atoms with Gasteiger partial charge in [0, 0.05) is 10.9 Å². The lowest BCUT2D eigenvalue weighted by atomic mass is 10.0. The summed E-state index contributed by atoms with van der Waals surface area (Å²) in [4.78, 5) is 16.2. The Hall–Kier alpha value is -1.98. The number of amides is 1. The first-order valence-electron chi connectivity index (χ1n) is 7.52. The highest BCUT2D eigenvalue weighted by atomic mass is 35.5. The van der Waals surface area contributed by atoms with Gasteiger partial charge in [0.05, 0.1) is 17.8 Å². The number of nitrogens with two attached hydrogens (primary N) is 1. The summed E-state index contributed by atoms with van der Waals surface area (Å²) in [6, 6.07) is 7.26. The summed E-state index contributed by atoms with van der Waals surface area (Å²) < 4.78 is 0. The molecule has 1 unspecified atom stereocenters. The van der Waals surface area contributed by atoms with Gasteiger partial charge in [0.25, 0.3) is 5.91 Å². The molecule has 1 amide bonds. The van der Waals surface area contributed by atoms with E-state index in [0.717, 1.165) is 16.5 Å². The zero-order valence-corrected chi connectivity index (χ0v) is 14.3. The smallest absolute Gasteiger partial charge is 0.256 e. The predicted molar refractivity (Wildman–Crippen MR) is 94.7 cm³/mol. The molecule has 2 aromatic rings. The molecular weight excluding hydrogens is 312 g/mol. The van der Waals surface area contributed by atoms with Gasteiger partial charge >= 0.3 is 0 Å². The van der Waals surface area contributed by atoms with Crippen LogP contribution in [0.1, 0.15) is 31.4 Å². The third-order valence-corrected chi connectivity index (χ3v) is 3.70. The van der Waals surface area contributed by atoms with Crippen LogP contribution in [-0.2, 0) is 4.79 Å². The van der Waals surface area contributed by atoms with Crippen LogP contribution in [0, 0.1) is 12.8 Å². The van der Waals surface area contributed by atoms with E-state index in [9.17, 15) is 4.79 Å². The normalized spacial score (nSPS) is 13.0. The van der Waals surface area contributed by atoms with Gasteiger partial charge < -0.3 is 5.73 Å². The number of benzene rings is 1. The molecule has 0 aliphatic carbocycles. The lowest BCUT2D eigenvalue weighted by Gasteiger charge is -2.11. The number of carbonyl (C=O) groups is 1. The molecule has 0 spiro atoms. The number of halogens is 1. The molecule has 6 heteroatoms. The molecule has 1 aromatic carbocycles. The van der Waals surface area contributed by atoms with E-state index in [1.807, 2.05) is 45.0 Å². The first-order valence-corrected chi connectivity index (χ1v) is 7.90. The third kappa shape index (κ3) is 4.74. The highest BCUT2D eigenvalue weighted by Gasteiger charge is 2.14. The zero-order chi connectivity index (χ0) is 17.0. The minimum atomic E-state index is -0.569. The van der Waals surface area contributed by atoms with E-state index in [1.54, 1.807) is 0 Å². The summed E-state index contributed by atoms with van der Waals surface area (Å²) in [6.45, 7) is 6.03. The van der Waals surface area contributed by atoms with Crippen LogP contribution in [0.25, 0.3) is 10.9 Å². The van der Waals surface area contributed by atoms with Crippen molar-refractivity contribution in [2.75, 3.05) is 0 Å². The maximum absolute atomic E-state index is 11.8. The van der Waals surface area contributed by atoms with Crippen LogP contribution >= 0.6 is 11.6 Å². The molecule has 0 saturated heterocycles. The van der Waals surface area contributed by atoms with Crippen molar-refractivity contribution in [3.05, 3.63) is 40.5 Å². The Morgan fingerprint density at radius 2 is 2.17 bits per heavy atom. The van der Waals surface area contributed by atoms with Crippen LogP contribution in [0.3, 0.4) is 0 Å². The van der Waals surface area contributed by atoms with E-state index in [1.165, 1.54) is 6.21 Å². The van der Waals surface area contributed by atoms with E-state index in [0.29, 0.717) is 23.1 Å². The van der Waals surface area contributed by atoms with Crippen LogP contribution < -0.4 is 11.2 Å². The minimum Gasteiger partial charge on any atom is -0.320 e. The average Bonchev–Trinajstić information content (AvgIpc) is 2.47. The predicted octanol–water partition coefficient (Wildman–Crippen LogP) is 3.02. The van der Waals surface area contributed by atoms with Crippen molar-refractivity contribution >= 4 is 34.6 Å². The number of hydrazone groups is 1. The maximum atomic E-state index is 11.8. The van der Waals surface area contributed by atoms with Crippen molar-refractivity contribution in [2.45, 2.75) is 33.2 Å². The monoisotopic (exact) mass is 332 g/mol. The number of aryl methyl sites for hydroxylation is 1. The average molecular weight is 333 g/mol. The molecule has 122 valence electrons. The maximum Gasteiger partial charge on any atom is 0.256 e. The second-order valence-electron chi connectivity index (χ2n) is 6.03. The number of rotatable bonds is 5. The minimum absolute atomic E-state index is 0.310. The van der Waals surface area contributed by atoms with Gasteiger partial charge in [-0.15, -0.1) is 0 Å². The van der Waals surface area contributed by atoms with Crippen molar-refractivity contribution in [1.82, 2.24) is 10.4 Å². The third-order valence-electron chi connectivity index (χ3n) is 3.39. The van der Waals surface area contributed by atoms with Gasteiger partial charge in [0.2, 0.25) is 0 Å². The highest BCUT2D eigenvalue weighted by Crippen LogP contribution is 2.20. The molecule has 0 bridgehead atoms. The number of hydrogen-bond donors (Lipinski definition) is 2. The molecule has 0 aliphatic rings. The first-order chi connectivity index (χ1) is 10.9. The summed E-state index contributed by atoms with van der Waals surface area (Å²) in [5, 5.41) is 5.23. The number of aromatic nitrogens is 1. The molecular formula is C17H21ClN4O. The molecule has 0 radical (unpaired) electrons. The van der Waals surface area contributed by atoms with Crippen molar-refractivity contribution < 1.29 is 4.79 Å². The zero-order valence-electron chi connectivity index (χ0n) is 13.5. The van der Waals surface area contributed by atoms with E-state index in [-0.39, 0.29) is 5.91 Å². The summed E-state index contributed by atoms with van der Waals surface area (Å²) in [7, 11) is 0. The lowest BCUT2D eigenvalue weighted by molar-refractivity contribution is -0.122. The molecule has 5 nitrogen and oxygen atoms in total. The van der Waals surface area contributed by atoms with Crippen LogP contribution in [-0.4, -0.2) is 23.1 Å². The molecule has 0 aliphatic heterocycles. The number of carbonyl (C=O) groups excluding carboxylic acids is 1. The molecule has 3 N–H and O–H groups in total. The number of nitrogens with zero attached hydrogens (tertiary/aromatic N) is 2. The van der Waals surface area contributed by atoms with Gasteiger partial charge in [-0.1, -0.05) is 37.6 Å². The van der Waals surface area contributed by atoms with Gasteiger partial charge in [-0.2, -0.15) is 5.10 Å². The SMILES string of the molecule is Cc1ccc2cc(C=NNC(=O)C(N)CC(C)C)c(Cl)nc2c1. The number of pyridine rings is 1. The van der Waals surface area contributed by atoms with Gasteiger partial charge in [0.1, 0.15) is 5.15 Å². The summed E-state index contributed by atoms with van der Waals surface area (Å²) in [6.07, 6.45) is 2.09. The van der Waals surface area contributed by atoms with E-state index in [4.69, 9.17) is 17.3 Å². The largest absolute Gasteiger partial charge is 0.320 e. The van der Waals surface area contributed by atoms with Crippen molar-refractivity contribution in [3.8, 4) is 0 Å². The summed E-state index contributed by atoms with van der Waals surface area (Å²) in [5.41, 5.74) is 10.8. The Kier molecular flexibility index (Phi) is 5.69. The highest BCUT2D eigenvalue weighted by molar-refractivity contribution is 6.32. The van der Waals surface area contributed by atoms with Crippen molar-refractivity contribution in [2.24, 2.45) is 16.8 Å². The van der Waals surface area contributed by atoms with Crippen molar-refractivity contribution in [3.63, 3.8) is 0 Å². The standard InChI is InChI=1S/C17H21ClN4O/c1-10(2)6-14(19)17(23)22-20-9-13-8-12-5-4-11(3)7-15(12)21-16(13)18/h4-5,7-10,14H,6,19H2,1-3H3,(H,22,23). The molecule has 1 aromatic heterocycles. The molecule has 0 fully saturated rings. The Labute approximate surface area is 140 Å². The van der Waals surface area contributed by atoms with Crippen molar-refractivity contribution in [1.29, 1.82) is 0 Å². The number of fused-ring (bicyclic) bond motifs is 1. The first kappa shape index (κ1) is 17.4. The van der Waals surface area contributed by atoms with Crippen LogP contribution in [0.15, 0.2) is 29.4 Å². The number of hydrogen-bond acceptors (Lipinski definition) is 4. The van der Waals surface area contributed by atoms with E-state index >= 15 is 0 Å². The van der Waals surface area contributed by atoms with Crippen LogP contribution in [0.5, 0.6) is 0 Å². The molecule has 1 atom stereocenters. The van der Waals surface area contributed by atoms with Crippen LogP contribution in [0.4, 0.5) is 0 Å². The van der Waals surface area contributed by atoms with E-state index in [2.05, 4.69) is 15.5 Å². The number of nitrogens with one attached hydrogen (secondary N) is 1. The van der Waals surface area contributed by atoms with Gasteiger partial charge in [0.15, 0.2) is 0 Å². The Bertz CT molecular complexity index is 743. The van der Waals surface area contributed by atoms with Gasteiger partial charge in [-0.25, -0.2) is 10.4 Å². The topological polar surface area (TPSA) is 80.4 Å². The Balaban J connectivity index is 2.10. The summed E-state index contributed by atoms with van der Waals surface area (Å²) in [5.74, 6) is 0.0396. The molecule has 23 heavy (non-hydrogen) atoms.